The molecule has 7 rings (SSSR count). The van der Waals surface area contributed by atoms with E-state index in [4.69, 9.17) is 24.8 Å². The average Bonchev–Trinajstić information content (AvgIpc) is 3.33. The number of fused-ring (bicyclic) bond motifs is 4. The molecule has 1 atom stereocenters. The zero-order valence-corrected chi connectivity index (χ0v) is 22.4. The normalized spacial score (nSPS) is 15.4. The van der Waals surface area contributed by atoms with Crippen LogP contribution in [0.3, 0.4) is 0 Å². The van der Waals surface area contributed by atoms with Gasteiger partial charge < -0.3 is 15.0 Å². The molecule has 8 heteroatoms. The van der Waals surface area contributed by atoms with E-state index >= 15 is 0 Å². The summed E-state index contributed by atoms with van der Waals surface area (Å²) < 4.78 is 7.28. The smallest absolute Gasteiger partial charge is 0.179 e. The maximum atomic E-state index is 5.35. The van der Waals surface area contributed by atoms with Gasteiger partial charge in [0, 0.05) is 17.4 Å². The second-order valence-corrected chi connectivity index (χ2v) is 9.84. The van der Waals surface area contributed by atoms with Crippen molar-refractivity contribution in [3.05, 3.63) is 120 Å². The highest BCUT2D eigenvalue weighted by Crippen LogP contribution is 2.47. The zero-order chi connectivity index (χ0) is 27.2. The number of hydrogen-bond acceptors (Lipinski definition) is 7. The number of amidine groups is 2. The van der Waals surface area contributed by atoms with E-state index in [1.54, 1.807) is 7.11 Å². The highest BCUT2D eigenvalue weighted by atomic mass is 16.5. The zero-order valence-electron chi connectivity index (χ0n) is 22.4. The predicted molar refractivity (Wildman–Crippen MR) is 159 cm³/mol. The fourth-order valence-corrected chi connectivity index (χ4v) is 5.29. The fourth-order valence-electron chi connectivity index (χ4n) is 5.29. The van der Waals surface area contributed by atoms with Crippen molar-refractivity contribution in [3.8, 4) is 11.4 Å². The van der Waals surface area contributed by atoms with Crippen LogP contribution in [0.15, 0.2) is 107 Å². The Labute approximate surface area is 232 Å². The van der Waals surface area contributed by atoms with Crippen LogP contribution in [0.2, 0.25) is 0 Å². The van der Waals surface area contributed by atoms with Gasteiger partial charge in [-0.1, -0.05) is 35.9 Å². The minimum absolute atomic E-state index is 0.257. The predicted octanol–water partition coefficient (Wildman–Crippen LogP) is 6.69. The van der Waals surface area contributed by atoms with E-state index in [2.05, 4.69) is 53.5 Å². The number of aliphatic imine (C=N–C) groups is 2. The number of nitrogens with one attached hydrogen (secondary N) is 1. The van der Waals surface area contributed by atoms with Crippen molar-refractivity contribution in [3.63, 3.8) is 0 Å². The Morgan fingerprint density at radius 2 is 1.60 bits per heavy atom. The monoisotopic (exact) mass is 525 g/mol. The summed E-state index contributed by atoms with van der Waals surface area (Å²) in [5.74, 6) is 2.90. The summed E-state index contributed by atoms with van der Waals surface area (Å²) in [4.78, 5) is 17.4. The lowest BCUT2D eigenvalue weighted by Crippen LogP contribution is -2.46. The molecule has 0 spiro atoms. The molecule has 40 heavy (non-hydrogen) atoms. The largest absolute Gasteiger partial charge is 0.497 e. The van der Waals surface area contributed by atoms with Crippen LogP contribution in [0, 0.1) is 13.8 Å². The van der Waals surface area contributed by atoms with Crippen LogP contribution in [0.5, 0.6) is 5.75 Å². The molecule has 1 unspecified atom stereocenters. The minimum atomic E-state index is -0.257. The van der Waals surface area contributed by atoms with Gasteiger partial charge in [-0.15, -0.1) is 0 Å². The number of ether oxygens (including phenoxy) is 1. The minimum Gasteiger partial charge on any atom is -0.497 e. The Morgan fingerprint density at radius 1 is 0.825 bits per heavy atom. The molecule has 0 saturated carbocycles. The molecule has 2 aliphatic rings. The molecule has 5 aromatic rings. The van der Waals surface area contributed by atoms with E-state index in [1.165, 1.54) is 5.56 Å². The van der Waals surface area contributed by atoms with E-state index in [1.807, 2.05) is 72.4 Å². The van der Waals surface area contributed by atoms with Crippen LogP contribution in [0.1, 0.15) is 28.6 Å². The Bertz CT molecular complexity index is 1770. The van der Waals surface area contributed by atoms with Crippen LogP contribution < -0.4 is 15.0 Å². The van der Waals surface area contributed by atoms with Crippen LogP contribution in [0.4, 0.5) is 22.9 Å². The number of methoxy groups -OCH3 is 1. The van der Waals surface area contributed by atoms with Crippen molar-refractivity contribution in [1.29, 1.82) is 0 Å². The summed E-state index contributed by atoms with van der Waals surface area (Å²) >= 11 is 0. The Balaban J connectivity index is 1.47. The maximum Gasteiger partial charge on any atom is 0.179 e. The number of rotatable bonds is 4. The van der Waals surface area contributed by atoms with Crippen LogP contribution in [-0.4, -0.2) is 33.5 Å². The van der Waals surface area contributed by atoms with E-state index in [9.17, 15) is 0 Å². The van der Waals surface area contributed by atoms with E-state index in [0.717, 1.165) is 51.3 Å². The second-order valence-electron chi connectivity index (χ2n) is 9.84. The molecule has 1 N–H and O–H groups in total. The van der Waals surface area contributed by atoms with Crippen LogP contribution in [0.25, 0.3) is 5.69 Å². The first kappa shape index (κ1) is 23.8. The van der Waals surface area contributed by atoms with Gasteiger partial charge in [-0.25, -0.2) is 14.7 Å². The summed E-state index contributed by atoms with van der Waals surface area (Å²) in [6.07, 6.45) is 1.83. The molecule has 4 heterocycles. The summed E-state index contributed by atoms with van der Waals surface area (Å²) in [7, 11) is 1.66. The molecule has 0 amide bonds. The van der Waals surface area contributed by atoms with Crippen molar-refractivity contribution in [1.82, 2.24) is 14.8 Å². The van der Waals surface area contributed by atoms with Crippen molar-refractivity contribution >= 4 is 34.6 Å². The SMILES string of the molecule is COc1ccc(NC2=Nc3ccccc3N3C2=Nc2c(c(C)nn2-c2ccc(C)cc2)C3c2ccccn2)cc1. The Hall–Kier alpha value is -5.24. The highest BCUT2D eigenvalue weighted by Gasteiger charge is 2.42. The highest BCUT2D eigenvalue weighted by molar-refractivity contribution is 6.51. The fraction of sp³-hybridized carbons (Fsp3) is 0.125. The average molecular weight is 526 g/mol. The van der Waals surface area contributed by atoms with Crippen molar-refractivity contribution in [2.75, 3.05) is 17.3 Å². The molecule has 2 aliphatic heterocycles. The third-order valence-electron chi connectivity index (χ3n) is 7.24. The lowest BCUT2D eigenvalue weighted by Gasteiger charge is -2.40. The summed E-state index contributed by atoms with van der Waals surface area (Å²) in [6, 6.07) is 30.0. The van der Waals surface area contributed by atoms with E-state index in [0.29, 0.717) is 11.7 Å². The van der Waals surface area contributed by atoms with Crippen molar-refractivity contribution in [2.24, 2.45) is 9.98 Å². The van der Waals surface area contributed by atoms with Crippen molar-refractivity contribution < 1.29 is 4.74 Å². The van der Waals surface area contributed by atoms with Gasteiger partial charge in [0.25, 0.3) is 0 Å². The summed E-state index contributed by atoms with van der Waals surface area (Å²) in [5.41, 5.74) is 7.66. The number of hydrogen-bond donors (Lipinski definition) is 1. The topological polar surface area (TPSA) is 79.9 Å². The Kier molecular flexibility index (Phi) is 5.66. The maximum absolute atomic E-state index is 5.35. The quantitative estimate of drug-likeness (QED) is 0.283. The van der Waals surface area contributed by atoms with Gasteiger partial charge >= 0.3 is 0 Å². The Morgan fingerprint density at radius 3 is 2.35 bits per heavy atom. The molecule has 3 aromatic carbocycles. The lowest BCUT2D eigenvalue weighted by atomic mass is 9.96. The molecular formula is C32H27N7O. The van der Waals surface area contributed by atoms with Gasteiger partial charge in [-0.2, -0.15) is 5.10 Å². The molecule has 0 saturated heterocycles. The molecule has 0 bridgehead atoms. The molecule has 2 aromatic heterocycles. The summed E-state index contributed by atoms with van der Waals surface area (Å²) in [6.45, 7) is 4.12. The van der Waals surface area contributed by atoms with Gasteiger partial charge in [-0.3, -0.25) is 4.98 Å². The van der Waals surface area contributed by atoms with Crippen molar-refractivity contribution in [2.45, 2.75) is 19.9 Å². The van der Waals surface area contributed by atoms with Gasteiger partial charge in [0.1, 0.15) is 11.8 Å². The first-order valence-electron chi connectivity index (χ1n) is 13.2. The van der Waals surface area contributed by atoms with Gasteiger partial charge in [-0.05, 0) is 74.5 Å². The number of anilines is 2. The van der Waals surface area contributed by atoms with Crippen LogP contribution in [-0.2, 0) is 0 Å². The third kappa shape index (κ3) is 3.92. The number of pyridine rings is 1. The van der Waals surface area contributed by atoms with E-state index in [-0.39, 0.29) is 6.04 Å². The molecule has 0 fully saturated rings. The number of aryl methyl sites for hydroxylation is 2. The molecule has 196 valence electrons. The molecule has 8 nitrogen and oxygen atoms in total. The lowest BCUT2D eigenvalue weighted by molar-refractivity contribution is 0.415. The molecular weight excluding hydrogens is 498 g/mol. The third-order valence-corrected chi connectivity index (χ3v) is 7.24. The first-order valence-corrected chi connectivity index (χ1v) is 13.2. The second kappa shape index (κ2) is 9.50. The number of aromatic nitrogens is 3. The number of nitrogens with zero attached hydrogens (tertiary/aromatic N) is 6. The number of benzene rings is 3. The first-order chi connectivity index (χ1) is 19.6. The summed E-state index contributed by atoms with van der Waals surface area (Å²) in [5, 5.41) is 8.51. The standard InChI is InChI=1S/C32H27N7O/c1-20-11-15-23(16-12-20)39-31-28(21(2)37-39)29(26-9-6-7-19-33-26)38-27-10-5-4-8-25(27)35-30(32(38)36-31)34-22-13-17-24(40-3)18-14-22/h4-19,29H,1-3H3,(H,34,35). The number of para-hydroxylation sites is 2. The molecule has 0 radical (unpaired) electrons. The van der Waals surface area contributed by atoms with Gasteiger partial charge in [0.2, 0.25) is 0 Å². The molecule has 0 aliphatic carbocycles. The van der Waals surface area contributed by atoms with Gasteiger partial charge in [0.05, 0.1) is 35.6 Å². The van der Waals surface area contributed by atoms with E-state index < -0.39 is 0 Å². The van der Waals surface area contributed by atoms with Gasteiger partial charge in [0.15, 0.2) is 17.5 Å². The van der Waals surface area contributed by atoms with Crippen LogP contribution >= 0.6 is 0 Å².